The van der Waals surface area contributed by atoms with Gasteiger partial charge in [-0.15, -0.1) is 0 Å². The summed E-state index contributed by atoms with van der Waals surface area (Å²) in [5, 5.41) is 3.70. The summed E-state index contributed by atoms with van der Waals surface area (Å²) in [6, 6.07) is 6.83. The number of rotatable bonds is 5. The first-order chi connectivity index (χ1) is 9.23. The Morgan fingerprint density at radius 1 is 1.21 bits per heavy atom. The summed E-state index contributed by atoms with van der Waals surface area (Å²) in [5.41, 5.74) is 1.75. The van der Waals surface area contributed by atoms with Crippen LogP contribution in [-0.2, 0) is 0 Å². The number of fused-ring (bicyclic) bond motifs is 1. The molecule has 104 valence electrons. The van der Waals surface area contributed by atoms with Gasteiger partial charge in [-0.1, -0.05) is 19.9 Å². The predicted molar refractivity (Wildman–Crippen MR) is 75.8 cm³/mol. The van der Waals surface area contributed by atoms with Gasteiger partial charge in [0.15, 0.2) is 11.5 Å². The average Bonchev–Trinajstić information content (AvgIpc) is 3.18. The molecule has 1 aromatic rings. The topological polar surface area (TPSA) is 30.5 Å². The molecule has 0 bridgehead atoms. The molecule has 2 aliphatic rings. The van der Waals surface area contributed by atoms with Gasteiger partial charge in [-0.2, -0.15) is 0 Å². The van der Waals surface area contributed by atoms with E-state index in [2.05, 4.69) is 37.4 Å². The molecule has 1 aromatic carbocycles. The van der Waals surface area contributed by atoms with Crippen molar-refractivity contribution < 1.29 is 9.47 Å². The molecule has 1 atom stereocenters. The second-order valence-electron chi connectivity index (χ2n) is 5.94. The highest BCUT2D eigenvalue weighted by Gasteiger charge is 2.45. The van der Waals surface area contributed by atoms with E-state index in [1.807, 2.05) is 0 Å². The van der Waals surface area contributed by atoms with Gasteiger partial charge in [-0.25, -0.2) is 0 Å². The fraction of sp³-hybridized carbons (Fsp3) is 0.625. The summed E-state index contributed by atoms with van der Waals surface area (Å²) >= 11 is 0. The number of benzene rings is 1. The SMILES string of the molecule is CCCNC(c1ccc2c(c1)OCCO2)C1(C)CC1. The Bertz CT molecular complexity index is 454. The molecule has 1 N–H and O–H groups in total. The Kier molecular flexibility index (Phi) is 3.40. The lowest BCUT2D eigenvalue weighted by Crippen LogP contribution is -2.29. The van der Waals surface area contributed by atoms with E-state index < -0.39 is 0 Å². The third-order valence-electron chi connectivity index (χ3n) is 4.23. The van der Waals surface area contributed by atoms with E-state index in [1.54, 1.807) is 0 Å². The van der Waals surface area contributed by atoms with E-state index in [0.29, 0.717) is 24.7 Å². The van der Waals surface area contributed by atoms with Gasteiger partial charge in [0.2, 0.25) is 0 Å². The zero-order valence-corrected chi connectivity index (χ0v) is 11.9. The molecule has 0 saturated heterocycles. The maximum Gasteiger partial charge on any atom is 0.161 e. The monoisotopic (exact) mass is 261 g/mol. The second kappa shape index (κ2) is 5.04. The molecular weight excluding hydrogens is 238 g/mol. The summed E-state index contributed by atoms with van der Waals surface area (Å²) in [5.74, 6) is 1.78. The molecule has 0 radical (unpaired) electrons. The van der Waals surface area contributed by atoms with Gasteiger partial charge in [-0.05, 0) is 48.9 Å². The van der Waals surface area contributed by atoms with Crippen LogP contribution in [0.25, 0.3) is 0 Å². The highest BCUT2D eigenvalue weighted by atomic mass is 16.6. The average molecular weight is 261 g/mol. The van der Waals surface area contributed by atoms with Crippen LogP contribution in [-0.4, -0.2) is 19.8 Å². The van der Waals surface area contributed by atoms with E-state index in [4.69, 9.17) is 9.47 Å². The van der Waals surface area contributed by atoms with E-state index in [0.717, 1.165) is 24.5 Å². The number of hydrogen-bond donors (Lipinski definition) is 1. The number of nitrogens with one attached hydrogen (secondary N) is 1. The Balaban J connectivity index is 1.85. The van der Waals surface area contributed by atoms with Crippen LogP contribution in [0.5, 0.6) is 11.5 Å². The van der Waals surface area contributed by atoms with Crippen LogP contribution in [0.4, 0.5) is 0 Å². The molecule has 1 unspecified atom stereocenters. The molecule has 1 fully saturated rings. The van der Waals surface area contributed by atoms with Crippen molar-refractivity contribution in [2.45, 2.75) is 39.2 Å². The van der Waals surface area contributed by atoms with E-state index in [-0.39, 0.29) is 0 Å². The molecule has 0 spiro atoms. The summed E-state index contributed by atoms with van der Waals surface area (Å²) in [6.07, 6.45) is 3.78. The lowest BCUT2D eigenvalue weighted by molar-refractivity contribution is 0.171. The number of ether oxygens (including phenoxy) is 2. The Labute approximate surface area is 115 Å². The minimum atomic E-state index is 0.416. The molecule has 19 heavy (non-hydrogen) atoms. The highest BCUT2D eigenvalue weighted by Crippen LogP contribution is 2.55. The standard InChI is InChI=1S/C16H23NO2/c1-3-8-17-15(16(2)6-7-16)12-4-5-13-14(11-12)19-10-9-18-13/h4-5,11,15,17H,3,6-10H2,1-2H3. The molecule has 3 heteroatoms. The molecule has 1 saturated carbocycles. The first-order valence-corrected chi connectivity index (χ1v) is 7.36. The van der Waals surface area contributed by atoms with Gasteiger partial charge in [0.05, 0.1) is 0 Å². The van der Waals surface area contributed by atoms with Crippen LogP contribution in [0.2, 0.25) is 0 Å². The molecule has 3 rings (SSSR count). The van der Waals surface area contributed by atoms with Gasteiger partial charge in [0.25, 0.3) is 0 Å². The smallest absolute Gasteiger partial charge is 0.161 e. The van der Waals surface area contributed by atoms with Crippen molar-refractivity contribution in [2.24, 2.45) is 5.41 Å². The molecular formula is C16H23NO2. The van der Waals surface area contributed by atoms with Crippen LogP contribution in [0.3, 0.4) is 0 Å². The highest BCUT2D eigenvalue weighted by molar-refractivity contribution is 5.45. The summed E-state index contributed by atoms with van der Waals surface area (Å²) < 4.78 is 11.3. The Hall–Kier alpha value is -1.22. The molecule has 0 aromatic heterocycles. The van der Waals surface area contributed by atoms with Crippen LogP contribution >= 0.6 is 0 Å². The maximum absolute atomic E-state index is 5.70. The normalized spacial score (nSPS) is 20.9. The largest absolute Gasteiger partial charge is 0.486 e. The van der Waals surface area contributed by atoms with Crippen LogP contribution in [0, 0.1) is 5.41 Å². The van der Waals surface area contributed by atoms with Crippen molar-refractivity contribution in [2.75, 3.05) is 19.8 Å². The van der Waals surface area contributed by atoms with Gasteiger partial charge >= 0.3 is 0 Å². The van der Waals surface area contributed by atoms with Gasteiger partial charge in [0.1, 0.15) is 13.2 Å². The third kappa shape index (κ3) is 2.57. The lowest BCUT2D eigenvalue weighted by Gasteiger charge is -2.27. The van der Waals surface area contributed by atoms with Crippen molar-refractivity contribution in [1.82, 2.24) is 5.32 Å². The fourth-order valence-electron chi connectivity index (χ4n) is 2.78. The first kappa shape index (κ1) is 12.8. The summed E-state index contributed by atoms with van der Waals surface area (Å²) in [7, 11) is 0. The van der Waals surface area contributed by atoms with Crippen LogP contribution in [0.1, 0.15) is 44.7 Å². The molecule has 1 heterocycles. The molecule has 0 amide bonds. The zero-order chi connectivity index (χ0) is 13.3. The summed E-state index contributed by atoms with van der Waals surface area (Å²) in [6.45, 7) is 6.96. The van der Waals surface area contributed by atoms with Crippen molar-refractivity contribution in [3.05, 3.63) is 23.8 Å². The van der Waals surface area contributed by atoms with Crippen molar-refractivity contribution in [1.29, 1.82) is 0 Å². The predicted octanol–water partition coefficient (Wildman–Crippen LogP) is 3.30. The molecule has 1 aliphatic heterocycles. The zero-order valence-electron chi connectivity index (χ0n) is 11.9. The van der Waals surface area contributed by atoms with E-state index >= 15 is 0 Å². The Morgan fingerprint density at radius 3 is 2.63 bits per heavy atom. The van der Waals surface area contributed by atoms with Gasteiger partial charge in [-0.3, -0.25) is 0 Å². The fourth-order valence-corrected chi connectivity index (χ4v) is 2.78. The van der Waals surface area contributed by atoms with Crippen LogP contribution < -0.4 is 14.8 Å². The van der Waals surface area contributed by atoms with Crippen molar-refractivity contribution in [3.8, 4) is 11.5 Å². The molecule has 3 nitrogen and oxygen atoms in total. The van der Waals surface area contributed by atoms with E-state index in [9.17, 15) is 0 Å². The van der Waals surface area contributed by atoms with E-state index in [1.165, 1.54) is 18.4 Å². The lowest BCUT2D eigenvalue weighted by atomic mass is 9.91. The van der Waals surface area contributed by atoms with Crippen molar-refractivity contribution in [3.63, 3.8) is 0 Å². The summed E-state index contributed by atoms with van der Waals surface area (Å²) in [4.78, 5) is 0. The Morgan fingerprint density at radius 2 is 1.95 bits per heavy atom. The van der Waals surface area contributed by atoms with Gasteiger partial charge in [0, 0.05) is 6.04 Å². The number of hydrogen-bond acceptors (Lipinski definition) is 3. The quantitative estimate of drug-likeness (QED) is 0.882. The first-order valence-electron chi connectivity index (χ1n) is 7.36. The molecule has 1 aliphatic carbocycles. The third-order valence-corrected chi connectivity index (χ3v) is 4.23. The van der Waals surface area contributed by atoms with Gasteiger partial charge < -0.3 is 14.8 Å². The minimum absolute atomic E-state index is 0.416. The second-order valence-corrected chi connectivity index (χ2v) is 5.94. The van der Waals surface area contributed by atoms with Crippen molar-refractivity contribution >= 4 is 0 Å². The van der Waals surface area contributed by atoms with Crippen LogP contribution in [0.15, 0.2) is 18.2 Å². The maximum atomic E-state index is 5.70. The minimum Gasteiger partial charge on any atom is -0.486 e.